The first-order valence-corrected chi connectivity index (χ1v) is 10.3. The van der Waals surface area contributed by atoms with Crippen LogP contribution in [0, 0.1) is 11.8 Å². The molecular weight excluding hydrogens is 354 g/mol. The molecule has 1 unspecified atom stereocenters. The highest BCUT2D eigenvalue weighted by Crippen LogP contribution is 2.21. The summed E-state index contributed by atoms with van der Waals surface area (Å²) >= 11 is 0. The Bertz CT molecular complexity index is 758. The van der Waals surface area contributed by atoms with Crippen LogP contribution in [0.3, 0.4) is 0 Å². The molecule has 0 saturated heterocycles. The number of carbonyl (C=O) groups is 2. The standard InChI is InChI=1S/C18H29N3O4S/c1-6-13-7-8-14(10-15(13)26(19,24)25)20-18(23)17(12(4)5)21-16(22)9-11(2)3/h7-8,10-12,17H,6,9H2,1-5H3,(H,20,23)(H,21,22)(H2,19,24,25). The summed E-state index contributed by atoms with van der Waals surface area (Å²) in [6.07, 6.45) is 0.830. The van der Waals surface area contributed by atoms with E-state index in [9.17, 15) is 18.0 Å². The zero-order valence-electron chi connectivity index (χ0n) is 16.0. The van der Waals surface area contributed by atoms with Gasteiger partial charge in [-0.3, -0.25) is 9.59 Å². The number of carbonyl (C=O) groups excluding carboxylic acids is 2. The molecule has 2 amide bonds. The number of benzene rings is 1. The molecule has 146 valence electrons. The number of aryl methyl sites for hydroxylation is 1. The van der Waals surface area contributed by atoms with Crippen LogP contribution in [-0.2, 0) is 26.0 Å². The lowest BCUT2D eigenvalue weighted by Gasteiger charge is -2.22. The van der Waals surface area contributed by atoms with Crippen molar-refractivity contribution in [3.05, 3.63) is 23.8 Å². The highest BCUT2D eigenvalue weighted by atomic mass is 32.2. The number of primary sulfonamides is 1. The van der Waals surface area contributed by atoms with E-state index in [0.717, 1.165) is 0 Å². The lowest BCUT2D eigenvalue weighted by Crippen LogP contribution is -2.47. The van der Waals surface area contributed by atoms with Crippen LogP contribution in [-0.4, -0.2) is 26.3 Å². The van der Waals surface area contributed by atoms with Gasteiger partial charge in [0.05, 0.1) is 4.90 Å². The van der Waals surface area contributed by atoms with Crippen molar-refractivity contribution in [1.82, 2.24) is 5.32 Å². The van der Waals surface area contributed by atoms with Gasteiger partial charge < -0.3 is 10.6 Å². The molecule has 26 heavy (non-hydrogen) atoms. The largest absolute Gasteiger partial charge is 0.344 e. The Morgan fingerprint density at radius 3 is 2.23 bits per heavy atom. The third-order valence-electron chi connectivity index (χ3n) is 3.88. The molecule has 1 rings (SSSR count). The lowest BCUT2D eigenvalue weighted by molar-refractivity contribution is -0.127. The van der Waals surface area contributed by atoms with Gasteiger partial charge in [-0.2, -0.15) is 0 Å². The van der Waals surface area contributed by atoms with Crippen LogP contribution in [0.2, 0.25) is 0 Å². The smallest absolute Gasteiger partial charge is 0.247 e. The highest BCUT2D eigenvalue weighted by Gasteiger charge is 2.25. The van der Waals surface area contributed by atoms with Crippen LogP contribution in [0.25, 0.3) is 0 Å². The van der Waals surface area contributed by atoms with Crippen molar-refractivity contribution in [1.29, 1.82) is 0 Å². The zero-order valence-corrected chi connectivity index (χ0v) is 16.8. The molecule has 0 aliphatic heterocycles. The van der Waals surface area contributed by atoms with Crippen molar-refractivity contribution in [3.8, 4) is 0 Å². The van der Waals surface area contributed by atoms with E-state index in [1.165, 1.54) is 6.07 Å². The third kappa shape index (κ3) is 6.42. The summed E-state index contributed by atoms with van der Waals surface area (Å²) in [5, 5.41) is 10.7. The maximum Gasteiger partial charge on any atom is 0.247 e. The second-order valence-electron chi connectivity index (χ2n) is 7.10. The van der Waals surface area contributed by atoms with Crippen molar-refractivity contribution in [2.45, 2.75) is 58.4 Å². The van der Waals surface area contributed by atoms with Gasteiger partial charge in [-0.05, 0) is 36.0 Å². The van der Waals surface area contributed by atoms with E-state index in [4.69, 9.17) is 5.14 Å². The van der Waals surface area contributed by atoms with Crippen LogP contribution in [0.5, 0.6) is 0 Å². The Morgan fingerprint density at radius 2 is 1.77 bits per heavy atom. The monoisotopic (exact) mass is 383 g/mol. The average molecular weight is 384 g/mol. The molecule has 0 saturated carbocycles. The van der Waals surface area contributed by atoms with Crippen LogP contribution >= 0.6 is 0 Å². The molecule has 7 nitrogen and oxygen atoms in total. The molecule has 8 heteroatoms. The molecule has 1 aromatic rings. The molecule has 0 fully saturated rings. The molecule has 0 aliphatic carbocycles. The summed E-state index contributed by atoms with van der Waals surface area (Å²) in [4.78, 5) is 24.6. The molecule has 0 heterocycles. The molecule has 0 aromatic heterocycles. The molecule has 1 aromatic carbocycles. The SMILES string of the molecule is CCc1ccc(NC(=O)C(NC(=O)CC(C)C)C(C)C)cc1S(N)(=O)=O. The molecule has 4 N–H and O–H groups in total. The second kappa shape index (κ2) is 9.14. The van der Waals surface area contributed by atoms with Crippen molar-refractivity contribution in [2.24, 2.45) is 17.0 Å². The average Bonchev–Trinajstić information content (AvgIpc) is 2.50. The Morgan fingerprint density at radius 1 is 1.15 bits per heavy atom. The minimum Gasteiger partial charge on any atom is -0.344 e. The van der Waals surface area contributed by atoms with E-state index in [1.807, 2.05) is 34.6 Å². The first-order valence-electron chi connectivity index (χ1n) is 8.71. The van der Waals surface area contributed by atoms with Crippen molar-refractivity contribution in [3.63, 3.8) is 0 Å². The second-order valence-corrected chi connectivity index (χ2v) is 8.63. The first kappa shape index (κ1) is 22.1. The van der Waals surface area contributed by atoms with E-state index in [-0.39, 0.29) is 22.6 Å². The van der Waals surface area contributed by atoms with Gasteiger partial charge >= 0.3 is 0 Å². The van der Waals surface area contributed by atoms with Crippen LogP contribution < -0.4 is 15.8 Å². The highest BCUT2D eigenvalue weighted by molar-refractivity contribution is 7.89. The van der Waals surface area contributed by atoms with Gasteiger partial charge in [0.25, 0.3) is 0 Å². The topological polar surface area (TPSA) is 118 Å². The quantitative estimate of drug-likeness (QED) is 0.636. The van der Waals surface area contributed by atoms with E-state index in [2.05, 4.69) is 10.6 Å². The summed E-state index contributed by atoms with van der Waals surface area (Å²) in [7, 11) is -3.89. The Balaban J connectivity index is 3.01. The molecule has 0 aliphatic rings. The van der Waals surface area contributed by atoms with E-state index in [0.29, 0.717) is 24.1 Å². The van der Waals surface area contributed by atoms with Gasteiger partial charge in [0.15, 0.2) is 0 Å². The van der Waals surface area contributed by atoms with Crippen molar-refractivity contribution in [2.75, 3.05) is 5.32 Å². The summed E-state index contributed by atoms with van der Waals surface area (Å²) in [6, 6.07) is 3.87. The number of amides is 2. The Kier molecular flexibility index (Phi) is 7.77. The number of anilines is 1. The van der Waals surface area contributed by atoms with E-state index in [1.54, 1.807) is 12.1 Å². The fourth-order valence-electron chi connectivity index (χ4n) is 2.55. The van der Waals surface area contributed by atoms with Gasteiger partial charge in [0, 0.05) is 12.1 Å². The molecular formula is C18H29N3O4S. The van der Waals surface area contributed by atoms with Crippen LogP contribution in [0.15, 0.2) is 23.1 Å². The predicted molar refractivity (Wildman–Crippen MR) is 102 cm³/mol. The Hall–Kier alpha value is -1.93. The molecule has 0 radical (unpaired) electrons. The van der Waals surface area contributed by atoms with Crippen molar-refractivity contribution >= 4 is 27.5 Å². The number of hydrogen-bond acceptors (Lipinski definition) is 4. The summed E-state index contributed by atoms with van der Waals surface area (Å²) in [5.41, 5.74) is 0.899. The zero-order chi connectivity index (χ0) is 20.1. The van der Waals surface area contributed by atoms with Gasteiger partial charge in [-0.1, -0.05) is 40.7 Å². The number of nitrogens with one attached hydrogen (secondary N) is 2. The number of rotatable bonds is 8. The predicted octanol–water partition coefficient (Wildman–Crippen LogP) is 2.02. The maximum absolute atomic E-state index is 12.6. The van der Waals surface area contributed by atoms with Gasteiger partial charge in [-0.25, -0.2) is 13.6 Å². The molecule has 0 bridgehead atoms. The summed E-state index contributed by atoms with van der Waals surface area (Å²) < 4.78 is 23.5. The summed E-state index contributed by atoms with van der Waals surface area (Å²) in [5.74, 6) is -0.536. The van der Waals surface area contributed by atoms with Gasteiger partial charge in [-0.15, -0.1) is 0 Å². The van der Waals surface area contributed by atoms with Crippen molar-refractivity contribution < 1.29 is 18.0 Å². The van der Waals surface area contributed by atoms with Crippen LogP contribution in [0.1, 0.15) is 46.6 Å². The molecule has 1 atom stereocenters. The summed E-state index contributed by atoms with van der Waals surface area (Å²) in [6.45, 7) is 9.33. The minimum absolute atomic E-state index is 0.0114. The Labute approximate surface area is 155 Å². The van der Waals surface area contributed by atoms with Gasteiger partial charge in [0.2, 0.25) is 21.8 Å². The number of nitrogens with two attached hydrogens (primary N) is 1. The minimum atomic E-state index is -3.89. The lowest BCUT2D eigenvalue weighted by atomic mass is 10.0. The fraction of sp³-hybridized carbons (Fsp3) is 0.556. The number of hydrogen-bond donors (Lipinski definition) is 3. The fourth-order valence-corrected chi connectivity index (χ4v) is 3.42. The third-order valence-corrected chi connectivity index (χ3v) is 4.87. The number of sulfonamides is 1. The van der Waals surface area contributed by atoms with Crippen LogP contribution in [0.4, 0.5) is 5.69 Å². The van der Waals surface area contributed by atoms with E-state index < -0.39 is 22.0 Å². The van der Waals surface area contributed by atoms with E-state index >= 15 is 0 Å². The normalized spacial score (nSPS) is 12.9. The maximum atomic E-state index is 12.6. The molecule has 0 spiro atoms. The first-order chi connectivity index (χ1) is 12.0. The van der Waals surface area contributed by atoms with Gasteiger partial charge in [0.1, 0.15) is 6.04 Å².